The number of fused-ring (bicyclic) bond motifs is 1. The molecule has 0 spiro atoms. The van der Waals surface area contributed by atoms with Crippen LogP contribution in [-0.4, -0.2) is 41.7 Å². The van der Waals surface area contributed by atoms with Gasteiger partial charge in [0.2, 0.25) is 5.72 Å². The molecule has 1 aliphatic rings. The van der Waals surface area contributed by atoms with Crippen LogP contribution in [0.4, 0.5) is 10.1 Å². The molecule has 1 atom stereocenters. The van der Waals surface area contributed by atoms with Crippen LogP contribution in [0.25, 0.3) is 0 Å². The third-order valence-corrected chi connectivity index (χ3v) is 5.43. The molecule has 2 aromatic rings. The third-order valence-electron chi connectivity index (χ3n) is 5.43. The number of anilines is 1. The Labute approximate surface area is 194 Å². The molecule has 1 aliphatic heterocycles. The van der Waals surface area contributed by atoms with Crippen LogP contribution < -0.4 is 15.4 Å². The lowest BCUT2D eigenvalue weighted by atomic mass is 10.0. The van der Waals surface area contributed by atoms with Gasteiger partial charge >= 0.3 is 0 Å². The molecule has 178 valence electrons. The van der Waals surface area contributed by atoms with Crippen LogP contribution in [0.2, 0.25) is 0 Å². The van der Waals surface area contributed by atoms with Crippen LogP contribution in [0.15, 0.2) is 49.1 Å². The average molecular weight is 458 g/mol. The fourth-order valence-corrected chi connectivity index (χ4v) is 3.71. The first-order valence-corrected chi connectivity index (χ1v) is 10.9. The number of halogens is 1. The summed E-state index contributed by atoms with van der Waals surface area (Å²) in [7, 11) is 2.81. The molecule has 0 saturated carbocycles. The lowest BCUT2D eigenvalue weighted by Crippen LogP contribution is -2.58. The van der Waals surface area contributed by atoms with Gasteiger partial charge in [-0.2, -0.15) is 0 Å². The lowest BCUT2D eigenvalue weighted by Gasteiger charge is -2.35. The van der Waals surface area contributed by atoms with Crippen LogP contribution in [0.3, 0.4) is 0 Å². The van der Waals surface area contributed by atoms with Crippen molar-refractivity contribution in [3.63, 3.8) is 0 Å². The number of rotatable bonds is 9. The monoisotopic (exact) mass is 457 g/mol. The van der Waals surface area contributed by atoms with E-state index in [4.69, 9.17) is 4.74 Å². The van der Waals surface area contributed by atoms with E-state index in [1.165, 1.54) is 14.2 Å². The van der Waals surface area contributed by atoms with Crippen molar-refractivity contribution >= 4 is 17.5 Å². The van der Waals surface area contributed by atoms with E-state index in [0.717, 1.165) is 4.90 Å². The van der Waals surface area contributed by atoms with Crippen molar-refractivity contribution in [1.29, 1.82) is 0 Å². The molecule has 1 unspecified atom stereocenters. The second-order valence-electron chi connectivity index (χ2n) is 7.23. The summed E-state index contributed by atoms with van der Waals surface area (Å²) in [6.07, 6.45) is 1.95. The molecule has 3 rings (SSSR count). The summed E-state index contributed by atoms with van der Waals surface area (Å²) >= 11 is 0. The summed E-state index contributed by atoms with van der Waals surface area (Å²) in [5.74, 6) is -1.41. The van der Waals surface area contributed by atoms with Crippen LogP contribution in [0.1, 0.15) is 48.2 Å². The zero-order valence-electron chi connectivity index (χ0n) is 19.6. The predicted octanol–water partition coefficient (Wildman–Crippen LogP) is 3.83. The van der Waals surface area contributed by atoms with E-state index in [1.807, 2.05) is 13.8 Å². The minimum Gasteiger partial charge on any atom is -0.494 e. The Balaban J connectivity index is 0.00000187. The molecular weight excluding hydrogens is 425 g/mol. The Kier molecular flexibility index (Phi) is 8.99. The number of nitrogens with one attached hydrogen (secondary N) is 2. The maximum atomic E-state index is 14.5. The highest BCUT2D eigenvalue weighted by Gasteiger charge is 2.47. The number of aliphatic hydroxyl groups is 1. The van der Waals surface area contributed by atoms with Crippen molar-refractivity contribution in [3.8, 4) is 5.75 Å². The highest BCUT2D eigenvalue weighted by Crippen LogP contribution is 2.35. The lowest BCUT2D eigenvalue weighted by molar-refractivity contribution is -0.159. The standard InChI is InChI=1S/C23H26FN3O4.C2H6/c1-4-5-12-23(30,22(29)25-2)27-14-17-16(21(27)28)9-7-10-18(17)26-13-15-8-6-11-19(31-3)20(15)24;1-2/h4,6-11,26,30H,1,5,12-14H2,2-3H3,(H,25,29);1-2H3. The van der Waals surface area contributed by atoms with Crippen LogP contribution >= 0.6 is 0 Å². The maximum absolute atomic E-state index is 14.5. The van der Waals surface area contributed by atoms with Gasteiger partial charge in [0, 0.05) is 42.4 Å². The minimum atomic E-state index is -2.00. The number of benzene rings is 2. The molecule has 2 aromatic carbocycles. The summed E-state index contributed by atoms with van der Waals surface area (Å²) in [4.78, 5) is 26.7. The first-order valence-electron chi connectivity index (χ1n) is 10.9. The number of ether oxygens (including phenoxy) is 1. The van der Waals surface area contributed by atoms with Crippen LogP contribution in [-0.2, 0) is 17.9 Å². The third kappa shape index (κ3) is 5.17. The largest absolute Gasteiger partial charge is 0.494 e. The molecule has 0 saturated heterocycles. The Bertz CT molecular complexity index is 1010. The summed E-state index contributed by atoms with van der Waals surface area (Å²) < 4.78 is 19.5. The number of carbonyl (C=O) groups is 2. The van der Waals surface area contributed by atoms with E-state index < -0.39 is 23.4 Å². The number of amides is 2. The van der Waals surface area contributed by atoms with Crippen molar-refractivity contribution in [2.24, 2.45) is 0 Å². The van der Waals surface area contributed by atoms with E-state index >= 15 is 0 Å². The number of methoxy groups -OCH3 is 1. The normalized spacial score (nSPS) is 13.9. The van der Waals surface area contributed by atoms with E-state index in [2.05, 4.69) is 17.2 Å². The molecular formula is C25H32FN3O4. The molecule has 0 aliphatic carbocycles. The van der Waals surface area contributed by atoms with Gasteiger partial charge in [0.15, 0.2) is 11.6 Å². The molecule has 8 heteroatoms. The minimum absolute atomic E-state index is 0.0215. The Morgan fingerprint density at radius 3 is 2.64 bits per heavy atom. The van der Waals surface area contributed by atoms with Gasteiger partial charge in [-0.15, -0.1) is 6.58 Å². The second kappa shape index (κ2) is 11.5. The van der Waals surface area contributed by atoms with Gasteiger partial charge in [-0.1, -0.05) is 38.1 Å². The van der Waals surface area contributed by atoms with E-state index in [1.54, 1.807) is 42.5 Å². The summed E-state index contributed by atoms with van der Waals surface area (Å²) in [5, 5.41) is 16.7. The second-order valence-corrected chi connectivity index (χ2v) is 7.23. The Morgan fingerprint density at radius 2 is 2.00 bits per heavy atom. The molecule has 0 aromatic heterocycles. The van der Waals surface area contributed by atoms with Gasteiger partial charge in [0.05, 0.1) is 13.7 Å². The van der Waals surface area contributed by atoms with Crippen LogP contribution in [0.5, 0.6) is 5.75 Å². The predicted molar refractivity (Wildman–Crippen MR) is 126 cm³/mol. The van der Waals surface area contributed by atoms with E-state index in [9.17, 15) is 19.1 Å². The van der Waals surface area contributed by atoms with Gasteiger partial charge in [-0.3, -0.25) is 14.5 Å². The van der Waals surface area contributed by atoms with Gasteiger partial charge in [0.1, 0.15) is 0 Å². The van der Waals surface area contributed by atoms with Crippen molar-refractivity contribution in [1.82, 2.24) is 10.2 Å². The Hall–Kier alpha value is -3.39. The molecule has 1 heterocycles. The number of likely N-dealkylation sites (N-methyl/N-ethyl adjacent to an activating group) is 1. The van der Waals surface area contributed by atoms with Gasteiger partial charge in [-0.25, -0.2) is 4.39 Å². The van der Waals surface area contributed by atoms with Crippen molar-refractivity contribution in [2.45, 2.75) is 45.5 Å². The highest BCUT2D eigenvalue weighted by atomic mass is 19.1. The zero-order chi connectivity index (χ0) is 24.6. The summed E-state index contributed by atoms with van der Waals surface area (Å²) in [5.41, 5.74) is 0.0492. The molecule has 3 N–H and O–H groups in total. The first kappa shape index (κ1) is 25.9. The maximum Gasteiger partial charge on any atom is 0.273 e. The van der Waals surface area contributed by atoms with Crippen LogP contribution in [0, 0.1) is 5.82 Å². The van der Waals surface area contributed by atoms with E-state index in [0.29, 0.717) is 28.8 Å². The highest BCUT2D eigenvalue weighted by molar-refractivity contribution is 6.03. The smallest absolute Gasteiger partial charge is 0.273 e. The summed E-state index contributed by atoms with van der Waals surface area (Å²) in [6.45, 7) is 7.84. The number of allylic oxidation sites excluding steroid dienone is 1. The molecule has 0 fully saturated rings. The number of carbonyl (C=O) groups excluding carboxylic acids is 2. The molecule has 7 nitrogen and oxygen atoms in total. The van der Waals surface area contributed by atoms with E-state index in [-0.39, 0.29) is 25.3 Å². The van der Waals surface area contributed by atoms with Gasteiger partial charge in [0.25, 0.3) is 11.8 Å². The molecule has 0 radical (unpaired) electrons. The van der Waals surface area contributed by atoms with Crippen molar-refractivity contribution in [2.75, 3.05) is 19.5 Å². The molecule has 33 heavy (non-hydrogen) atoms. The number of nitrogens with zero attached hydrogens (tertiary/aromatic N) is 1. The van der Waals surface area contributed by atoms with Gasteiger partial charge in [-0.05, 0) is 24.6 Å². The topological polar surface area (TPSA) is 90.9 Å². The fraction of sp³-hybridized carbons (Fsp3) is 0.360. The number of hydrogen-bond acceptors (Lipinski definition) is 5. The number of hydrogen-bond donors (Lipinski definition) is 3. The van der Waals surface area contributed by atoms with Crippen molar-refractivity contribution in [3.05, 3.63) is 71.6 Å². The summed E-state index contributed by atoms with van der Waals surface area (Å²) in [6, 6.07) is 10.0. The zero-order valence-corrected chi connectivity index (χ0v) is 19.6. The van der Waals surface area contributed by atoms with Gasteiger partial charge < -0.3 is 20.5 Å². The SMILES string of the molecule is C=CCCC(O)(C(=O)NC)N1Cc2c(NCc3cccc(OC)c3F)cccc2C1=O.CC. The quantitative estimate of drug-likeness (QED) is 0.498. The average Bonchev–Trinajstić information content (AvgIpc) is 3.20. The fourth-order valence-electron chi connectivity index (χ4n) is 3.71. The molecule has 0 bridgehead atoms. The Morgan fingerprint density at radius 1 is 1.30 bits per heavy atom. The first-order chi connectivity index (χ1) is 15.9. The van der Waals surface area contributed by atoms with Crippen molar-refractivity contribution < 1.29 is 23.8 Å². The molecule has 2 amide bonds.